The number of ether oxygens (including phenoxy) is 3. The van der Waals surface area contributed by atoms with E-state index in [9.17, 15) is 14.4 Å². The van der Waals surface area contributed by atoms with E-state index in [-0.39, 0.29) is 37.5 Å². The number of esters is 3. The first kappa shape index (κ1) is 58.1. The lowest BCUT2D eigenvalue weighted by Crippen LogP contribution is -2.30. The van der Waals surface area contributed by atoms with Gasteiger partial charge in [0.25, 0.3) is 0 Å². The third-order valence-corrected chi connectivity index (χ3v) is 10.2. The Morgan fingerprint density at radius 1 is 0.339 bits per heavy atom. The van der Waals surface area contributed by atoms with Gasteiger partial charge in [0.1, 0.15) is 13.2 Å². The zero-order chi connectivity index (χ0) is 45.1. The fourth-order valence-corrected chi connectivity index (χ4v) is 6.46. The Bertz CT molecular complexity index is 1310. The van der Waals surface area contributed by atoms with Crippen LogP contribution >= 0.6 is 0 Å². The van der Waals surface area contributed by atoms with Crippen LogP contribution in [0.4, 0.5) is 0 Å². The predicted molar refractivity (Wildman–Crippen MR) is 265 cm³/mol. The van der Waals surface area contributed by atoms with Gasteiger partial charge in [-0.25, -0.2) is 0 Å². The Morgan fingerprint density at radius 2 is 0.645 bits per heavy atom. The summed E-state index contributed by atoms with van der Waals surface area (Å²) in [5.74, 6) is -0.987. The summed E-state index contributed by atoms with van der Waals surface area (Å²) in [6.07, 6.45) is 66.4. The van der Waals surface area contributed by atoms with Crippen LogP contribution in [0.2, 0.25) is 0 Å². The Hall–Kier alpha value is -3.93. The smallest absolute Gasteiger partial charge is 0.306 e. The van der Waals surface area contributed by atoms with E-state index in [0.29, 0.717) is 19.3 Å². The van der Waals surface area contributed by atoms with Crippen molar-refractivity contribution >= 4 is 17.9 Å². The first-order chi connectivity index (χ1) is 30.5. The number of hydrogen-bond donors (Lipinski definition) is 0. The molecule has 0 bridgehead atoms. The molecule has 62 heavy (non-hydrogen) atoms. The molecule has 6 heteroatoms. The summed E-state index contributed by atoms with van der Waals surface area (Å²) in [5, 5.41) is 0. The molecular formula is C56H90O6. The van der Waals surface area contributed by atoms with Crippen molar-refractivity contribution in [1.82, 2.24) is 0 Å². The number of allylic oxidation sites excluding steroid dienone is 18. The lowest BCUT2D eigenvalue weighted by molar-refractivity contribution is -0.167. The van der Waals surface area contributed by atoms with Crippen molar-refractivity contribution < 1.29 is 28.6 Å². The van der Waals surface area contributed by atoms with Crippen LogP contribution in [0.1, 0.15) is 207 Å². The van der Waals surface area contributed by atoms with E-state index in [4.69, 9.17) is 14.2 Å². The highest BCUT2D eigenvalue weighted by Gasteiger charge is 2.19. The van der Waals surface area contributed by atoms with E-state index in [1.165, 1.54) is 57.8 Å². The van der Waals surface area contributed by atoms with Gasteiger partial charge in [0.05, 0.1) is 0 Å². The highest BCUT2D eigenvalue weighted by Crippen LogP contribution is 2.13. The number of unbranched alkanes of at least 4 members (excludes halogenated alkanes) is 20. The van der Waals surface area contributed by atoms with E-state index in [0.717, 1.165) is 103 Å². The van der Waals surface area contributed by atoms with Crippen LogP contribution < -0.4 is 0 Å². The topological polar surface area (TPSA) is 78.9 Å². The second kappa shape index (κ2) is 49.7. The molecule has 6 nitrogen and oxygen atoms in total. The van der Waals surface area contributed by atoms with Gasteiger partial charge in [0.2, 0.25) is 0 Å². The largest absolute Gasteiger partial charge is 0.462 e. The molecule has 0 radical (unpaired) electrons. The zero-order valence-electron chi connectivity index (χ0n) is 39.8. The molecule has 0 saturated heterocycles. The van der Waals surface area contributed by atoms with Gasteiger partial charge in [-0.2, -0.15) is 0 Å². The second-order valence-electron chi connectivity index (χ2n) is 16.1. The van der Waals surface area contributed by atoms with Crippen molar-refractivity contribution in [2.24, 2.45) is 0 Å². The number of hydrogen-bond acceptors (Lipinski definition) is 6. The van der Waals surface area contributed by atoms with Gasteiger partial charge in [-0.3, -0.25) is 14.4 Å². The van der Waals surface area contributed by atoms with Crippen LogP contribution in [0, 0.1) is 0 Å². The van der Waals surface area contributed by atoms with Crippen LogP contribution in [-0.2, 0) is 28.6 Å². The molecule has 0 aromatic rings. The van der Waals surface area contributed by atoms with Crippen molar-refractivity contribution in [2.45, 2.75) is 213 Å². The number of rotatable bonds is 43. The Morgan fingerprint density at radius 3 is 1.05 bits per heavy atom. The SMILES string of the molecule is CC\C=C/C=C\C=C/C=C\C=C/CCCCCC(=O)OC(COC(=O)CCCCCCC\C=C/C=C\C=C/CC)COC(=O)CCCCCCC/C=C\CCCCCCCCC. The van der Waals surface area contributed by atoms with Gasteiger partial charge in [0, 0.05) is 19.3 Å². The van der Waals surface area contributed by atoms with E-state index < -0.39 is 6.10 Å². The molecule has 0 aliphatic rings. The fraction of sp³-hybridized carbons (Fsp3) is 0.625. The maximum absolute atomic E-state index is 12.8. The molecular weight excluding hydrogens is 769 g/mol. The molecule has 0 amide bonds. The summed E-state index contributed by atoms with van der Waals surface area (Å²) >= 11 is 0. The summed E-state index contributed by atoms with van der Waals surface area (Å²) in [5.41, 5.74) is 0. The van der Waals surface area contributed by atoms with Gasteiger partial charge < -0.3 is 14.2 Å². The monoisotopic (exact) mass is 859 g/mol. The molecule has 0 aromatic carbocycles. The van der Waals surface area contributed by atoms with Gasteiger partial charge in [-0.05, 0) is 83.5 Å². The van der Waals surface area contributed by atoms with Gasteiger partial charge in [-0.1, -0.05) is 214 Å². The van der Waals surface area contributed by atoms with E-state index in [1.54, 1.807) is 0 Å². The molecule has 350 valence electrons. The minimum atomic E-state index is -0.813. The quantitative estimate of drug-likeness (QED) is 0.0200. The Labute approximate surface area is 380 Å². The summed E-state index contributed by atoms with van der Waals surface area (Å²) in [6, 6.07) is 0. The highest BCUT2D eigenvalue weighted by atomic mass is 16.6. The molecule has 1 atom stereocenters. The molecule has 0 aliphatic heterocycles. The van der Waals surface area contributed by atoms with Gasteiger partial charge in [-0.15, -0.1) is 0 Å². The van der Waals surface area contributed by atoms with Crippen molar-refractivity contribution in [3.8, 4) is 0 Å². The van der Waals surface area contributed by atoms with Crippen LogP contribution in [0.3, 0.4) is 0 Å². The number of carbonyl (C=O) groups is 3. The molecule has 0 aliphatic carbocycles. The molecule has 0 N–H and O–H groups in total. The minimum Gasteiger partial charge on any atom is -0.462 e. The maximum atomic E-state index is 12.8. The lowest BCUT2D eigenvalue weighted by Gasteiger charge is -2.18. The Kier molecular flexibility index (Phi) is 46.6. The molecule has 0 heterocycles. The average Bonchev–Trinajstić information content (AvgIpc) is 3.27. The summed E-state index contributed by atoms with van der Waals surface area (Å²) < 4.78 is 16.7. The van der Waals surface area contributed by atoms with E-state index in [1.807, 2.05) is 54.7 Å². The standard InChI is InChI=1S/C56H90O6/c1-4-7-10-13-16-19-22-25-27-29-31-34-37-40-43-46-49-55(58)61-52-53(51-60-54(57)48-45-42-39-36-33-30-24-21-18-15-12-9-6-3)62-56(59)50-47-44-41-38-35-32-28-26-23-20-17-14-11-8-5-2/h8-9,11-12,14-15,17-18,20-21,23-24,26-29,32,35,53H,4-7,10,13,16,19,22,25,30-31,33-34,36-52H2,1-3H3/b11-8-,12-9-,17-14-,18-15-,23-20-,24-21-,28-26-,29-27-,35-32-. The highest BCUT2D eigenvalue weighted by molar-refractivity contribution is 5.71. The van der Waals surface area contributed by atoms with Crippen LogP contribution in [-0.4, -0.2) is 37.2 Å². The third-order valence-electron chi connectivity index (χ3n) is 10.2. The minimum absolute atomic E-state index is 0.109. The molecule has 0 spiro atoms. The summed E-state index contributed by atoms with van der Waals surface area (Å²) in [7, 11) is 0. The average molecular weight is 859 g/mol. The first-order valence-corrected chi connectivity index (χ1v) is 25.0. The van der Waals surface area contributed by atoms with E-state index in [2.05, 4.69) is 75.5 Å². The summed E-state index contributed by atoms with van der Waals surface area (Å²) in [4.78, 5) is 37.9. The zero-order valence-corrected chi connectivity index (χ0v) is 39.8. The maximum Gasteiger partial charge on any atom is 0.306 e. The van der Waals surface area contributed by atoms with Crippen molar-refractivity contribution in [3.05, 3.63) is 109 Å². The van der Waals surface area contributed by atoms with Crippen LogP contribution in [0.25, 0.3) is 0 Å². The number of carbonyl (C=O) groups excluding carboxylic acids is 3. The first-order valence-electron chi connectivity index (χ1n) is 25.0. The summed E-state index contributed by atoms with van der Waals surface area (Å²) in [6.45, 7) is 6.28. The fourth-order valence-electron chi connectivity index (χ4n) is 6.46. The second-order valence-corrected chi connectivity index (χ2v) is 16.1. The Balaban J connectivity index is 4.52. The molecule has 0 fully saturated rings. The van der Waals surface area contributed by atoms with Crippen molar-refractivity contribution in [3.63, 3.8) is 0 Å². The van der Waals surface area contributed by atoms with Crippen molar-refractivity contribution in [2.75, 3.05) is 13.2 Å². The van der Waals surface area contributed by atoms with E-state index >= 15 is 0 Å². The predicted octanol–water partition coefficient (Wildman–Crippen LogP) is 16.4. The molecule has 0 saturated carbocycles. The van der Waals surface area contributed by atoms with Crippen LogP contribution in [0.5, 0.6) is 0 Å². The normalized spacial score (nSPS) is 13.0. The van der Waals surface area contributed by atoms with Gasteiger partial charge in [0.15, 0.2) is 6.10 Å². The molecule has 0 aromatic heterocycles. The van der Waals surface area contributed by atoms with Crippen molar-refractivity contribution in [1.29, 1.82) is 0 Å². The van der Waals surface area contributed by atoms with Crippen LogP contribution in [0.15, 0.2) is 109 Å². The van der Waals surface area contributed by atoms with Gasteiger partial charge >= 0.3 is 17.9 Å². The third kappa shape index (κ3) is 47.1. The molecule has 0 rings (SSSR count). The molecule has 1 unspecified atom stereocenters. The lowest BCUT2D eigenvalue weighted by atomic mass is 10.1.